The van der Waals surface area contributed by atoms with Crippen LogP contribution in [0.2, 0.25) is 0 Å². The molecule has 1 unspecified atom stereocenters. The zero-order valence-electron chi connectivity index (χ0n) is 9.47. The minimum atomic E-state index is 0.977. The van der Waals surface area contributed by atoms with Crippen LogP contribution in [-0.2, 0) is 0 Å². The summed E-state index contributed by atoms with van der Waals surface area (Å²) >= 11 is 0. The number of nitrogens with zero attached hydrogens (tertiary/aromatic N) is 1. The van der Waals surface area contributed by atoms with Crippen LogP contribution in [0.5, 0.6) is 0 Å². The molecule has 2 nitrogen and oxygen atoms in total. The fourth-order valence-electron chi connectivity index (χ4n) is 3.12. The van der Waals surface area contributed by atoms with Crippen molar-refractivity contribution in [3.8, 4) is 0 Å². The molecule has 0 aromatic rings. The second-order valence-electron chi connectivity index (χ2n) is 5.06. The van der Waals surface area contributed by atoms with E-state index in [2.05, 4.69) is 10.4 Å². The van der Waals surface area contributed by atoms with Gasteiger partial charge in [-0.15, -0.1) is 0 Å². The quantitative estimate of drug-likeness (QED) is 0.745. The van der Waals surface area contributed by atoms with Crippen LogP contribution in [0.15, 0.2) is 0 Å². The fourth-order valence-corrected chi connectivity index (χ4v) is 3.12. The van der Waals surface area contributed by atoms with Gasteiger partial charge < -0.3 is 0 Å². The predicted molar refractivity (Wildman–Crippen MR) is 59.9 cm³/mol. The highest BCUT2D eigenvalue weighted by atomic mass is 15.5. The highest BCUT2D eigenvalue weighted by Gasteiger charge is 2.25. The van der Waals surface area contributed by atoms with Crippen LogP contribution in [0, 0.1) is 11.8 Å². The van der Waals surface area contributed by atoms with Crippen LogP contribution in [0.25, 0.3) is 0 Å². The minimum Gasteiger partial charge on any atom is -0.258 e. The van der Waals surface area contributed by atoms with E-state index in [1.807, 2.05) is 7.05 Å². The highest BCUT2D eigenvalue weighted by Crippen LogP contribution is 2.31. The van der Waals surface area contributed by atoms with Crippen molar-refractivity contribution in [2.24, 2.45) is 11.8 Å². The van der Waals surface area contributed by atoms with E-state index in [4.69, 9.17) is 0 Å². The summed E-state index contributed by atoms with van der Waals surface area (Å²) in [5.74, 6) is 2.04. The lowest BCUT2D eigenvalue weighted by Crippen LogP contribution is -2.32. The van der Waals surface area contributed by atoms with E-state index in [-0.39, 0.29) is 0 Å². The molecule has 1 aliphatic carbocycles. The standard InChI is InChI=1S/C12H24N2/c1-13-14-8-7-12(10-14)9-11-5-3-2-4-6-11/h11-13H,2-10H2,1H3. The van der Waals surface area contributed by atoms with Crippen molar-refractivity contribution in [2.45, 2.75) is 44.9 Å². The van der Waals surface area contributed by atoms with Crippen molar-refractivity contribution in [3.63, 3.8) is 0 Å². The normalized spacial score (nSPS) is 31.1. The smallest absolute Gasteiger partial charge is 0.0159 e. The van der Waals surface area contributed by atoms with Gasteiger partial charge >= 0.3 is 0 Å². The predicted octanol–water partition coefficient (Wildman–Crippen LogP) is 2.41. The lowest BCUT2D eigenvalue weighted by molar-refractivity contribution is 0.233. The van der Waals surface area contributed by atoms with Crippen LogP contribution >= 0.6 is 0 Å². The third kappa shape index (κ3) is 2.71. The fraction of sp³-hybridized carbons (Fsp3) is 1.00. The molecule has 2 rings (SSSR count). The van der Waals surface area contributed by atoms with Gasteiger partial charge in [0, 0.05) is 13.1 Å². The Kier molecular flexibility index (Phi) is 3.82. The summed E-state index contributed by atoms with van der Waals surface area (Å²) in [6, 6.07) is 0. The number of hydrazine groups is 1. The van der Waals surface area contributed by atoms with Gasteiger partial charge in [0.25, 0.3) is 0 Å². The molecule has 0 amide bonds. The molecule has 1 atom stereocenters. The van der Waals surface area contributed by atoms with Crippen LogP contribution in [-0.4, -0.2) is 25.1 Å². The molecule has 82 valence electrons. The molecule has 1 saturated carbocycles. The zero-order valence-corrected chi connectivity index (χ0v) is 9.47. The Morgan fingerprint density at radius 1 is 1.07 bits per heavy atom. The van der Waals surface area contributed by atoms with E-state index in [1.165, 1.54) is 58.0 Å². The van der Waals surface area contributed by atoms with Gasteiger partial charge in [-0.1, -0.05) is 32.1 Å². The van der Waals surface area contributed by atoms with Crippen molar-refractivity contribution in [1.29, 1.82) is 0 Å². The van der Waals surface area contributed by atoms with Gasteiger partial charge in [-0.25, -0.2) is 5.01 Å². The molecule has 2 heteroatoms. The van der Waals surface area contributed by atoms with E-state index >= 15 is 0 Å². The van der Waals surface area contributed by atoms with Crippen molar-refractivity contribution in [3.05, 3.63) is 0 Å². The van der Waals surface area contributed by atoms with Crippen molar-refractivity contribution in [1.82, 2.24) is 10.4 Å². The summed E-state index contributed by atoms with van der Waals surface area (Å²) in [7, 11) is 2.04. The Labute approximate surface area is 88.0 Å². The average molecular weight is 196 g/mol. The van der Waals surface area contributed by atoms with Gasteiger partial charge in [0.05, 0.1) is 0 Å². The first kappa shape index (κ1) is 10.4. The molecule has 2 fully saturated rings. The van der Waals surface area contributed by atoms with E-state index in [0.29, 0.717) is 0 Å². The Hall–Kier alpha value is -0.0800. The molecule has 0 radical (unpaired) electrons. The third-order valence-corrected chi connectivity index (χ3v) is 3.99. The molecule has 0 aromatic heterocycles. The van der Waals surface area contributed by atoms with Crippen LogP contribution < -0.4 is 5.43 Å². The maximum absolute atomic E-state index is 3.26. The van der Waals surface area contributed by atoms with E-state index in [0.717, 1.165) is 11.8 Å². The van der Waals surface area contributed by atoms with Crippen LogP contribution in [0.4, 0.5) is 0 Å². The van der Waals surface area contributed by atoms with E-state index in [9.17, 15) is 0 Å². The Bertz CT molecular complexity index is 164. The van der Waals surface area contributed by atoms with Crippen LogP contribution in [0.3, 0.4) is 0 Å². The molecule has 2 aliphatic rings. The molecule has 1 aliphatic heterocycles. The first-order valence-corrected chi connectivity index (χ1v) is 6.31. The van der Waals surface area contributed by atoms with Gasteiger partial charge in [0.1, 0.15) is 0 Å². The summed E-state index contributed by atoms with van der Waals surface area (Å²) in [6.45, 7) is 2.54. The summed E-state index contributed by atoms with van der Waals surface area (Å²) in [5, 5.41) is 2.37. The van der Waals surface area contributed by atoms with E-state index < -0.39 is 0 Å². The summed E-state index contributed by atoms with van der Waals surface area (Å²) in [5.41, 5.74) is 3.26. The third-order valence-electron chi connectivity index (χ3n) is 3.99. The highest BCUT2D eigenvalue weighted by molar-refractivity contribution is 4.77. The maximum atomic E-state index is 3.26. The van der Waals surface area contributed by atoms with Gasteiger partial charge in [-0.3, -0.25) is 5.43 Å². The number of rotatable bonds is 3. The molecular formula is C12H24N2. The average Bonchev–Trinajstić information content (AvgIpc) is 2.67. The molecule has 0 spiro atoms. The molecule has 0 aromatic carbocycles. The van der Waals surface area contributed by atoms with Crippen molar-refractivity contribution >= 4 is 0 Å². The largest absolute Gasteiger partial charge is 0.258 e. The first-order chi connectivity index (χ1) is 6.88. The van der Waals surface area contributed by atoms with Gasteiger partial charge in [0.2, 0.25) is 0 Å². The van der Waals surface area contributed by atoms with Crippen molar-refractivity contribution < 1.29 is 0 Å². The molecule has 0 bridgehead atoms. The van der Waals surface area contributed by atoms with Crippen LogP contribution in [0.1, 0.15) is 44.9 Å². The van der Waals surface area contributed by atoms with Gasteiger partial charge in [-0.2, -0.15) is 0 Å². The Morgan fingerprint density at radius 3 is 2.50 bits per heavy atom. The molecular weight excluding hydrogens is 172 g/mol. The summed E-state index contributed by atoms with van der Waals surface area (Å²) < 4.78 is 0. The number of hydrogen-bond donors (Lipinski definition) is 1. The first-order valence-electron chi connectivity index (χ1n) is 6.31. The zero-order chi connectivity index (χ0) is 9.80. The Morgan fingerprint density at radius 2 is 1.86 bits per heavy atom. The summed E-state index contributed by atoms with van der Waals surface area (Å²) in [4.78, 5) is 0. The maximum Gasteiger partial charge on any atom is 0.0159 e. The van der Waals surface area contributed by atoms with E-state index in [1.54, 1.807) is 0 Å². The second-order valence-corrected chi connectivity index (χ2v) is 5.06. The monoisotopic (exact) mass is 196 g/mol. The van der Waals surface area contributed by atoms with Gasteiger partial charge in [0.15, 0.2) is 0 Å². The molecule has 1 saturated heterocycles. The number of nitrogens with one attached hydrogen (secondary N) is 1. The second kappa shape index (κ2) is 5.13. The topological polar surface area (TPSA) is 15.3 Å². The van der Waals surface area contributed by atoms with Crippen molar-refractivity contribution in [2.75, 3.05) is 20.1 Å². The minimum absolute atomic E-state index is 0.977. The lowest BCUT2D eigenvalue weighted by atomic mass is 9.82. The molecule has 14 heavy (non-hydrogen) atoms. The SMILES string of the molecule is CNN1CCC(CC2CCCCC2)C1. The molecule has 1 heterocycles. The van der Waals surface area contributed by atoms with Gasteiger partial charge in [-0.05, 0) is 31.7 Å². The Balaban J connectivity index is 1.69. The summed E-state index contributed by atoms with van der Waals surface area (Å²) in [6.07, 6.45) is 10.4. The molecule has 1 N–H and O–H groups in total. The lowest BCUT2D eigenvalue weighted by Gasteiger charge is -2.24. The number of hydrogen-bond acceptors (Lipinski definition) is 2.